The third-order valence-electron chi connectivity index (χ3n) is 6.40. The standard InChI is InChI=1S/C27H34N4O6/c1-19-23(26(32)36-3)25(21-11-10-12-22(17-21)31(34)35)24(20(2)29-19)27(33)37-16-9-7-5-4-6-8-14-30-15-13-28-18-30/h10-13,15,17-18,25,29H,4-9,14,16H2,1-3H3. The number of esters is 2. The number of benzene rings is 1. The van der Waals surface area contributed by atoms with Crippen molar-refractivity contribution in [2.75, 3.05) is 13.7 Å². The molecule has 0 fully saturated rings. The SMILES string of the molecule is COC(=O)C1=C(C)NC(C)=C(C(=O)OCCCCCCCCn2ccnc2)C1c1cccc([N+](=O)[O-])c1. The van der Waals surface area contributed by atoms with Crippen LogP contribution in [0.1, 0.15) is 63.9 Å². The number of carbonyl (C=O) groups is 2. The average Bonchev–Trinajstić information content (AvgIpc) is 3.40. The van der Waals surface area contributed by atoms with Crippen molar-refractivity contribution in [2.24, 2.45) is 0 Å². The third kappa shape index (κ3) is 7.28. The zero-order chi connectivity index (χ0) is 26.8. The Labute approximate surface area is 216 Å². The van der Waals surface area contributed by atoms with E-state index in [-0.39, 0.29) is 23.4 Å². The van der Waals surface area contributed by atoms with Crippen LogP contribution < -0.4 is 5.32 Å². The molecule has 37 heavy (non-hydrogen) atoms. The molecule has 0 bridgehead atoms. The summed E-state index contributed by atoms with van der Waals surface area (Å²) < 4.78 is 12.6. The highest BCUT2D eigenvalue weighted by Gasteiger charge is 2.38. The number of nitrogens with one attached hydrogen (secondary N) is 1. The second kappa shape index (κ2) is 13.4. The third-order valence-corrected chi connectivity index (χ3v) is 6.40. The number of non-ortho nitro benzene ring substituents is 1. The van der Waals surface area contributed by atoms with Gasteiger partial charge in [0.05, 0.1) is 42.0 Å². The fourth-order valence-electron chi connectivity index (χ4n) is 4.56. The molecule has 0 aliphatic carbocycles. The van der Waals surface area contributed by atoms with Crippen LogP contribution in [0, 0.1) is 10.1 Å². The van der Waals surface area contributed by atoms with E-state index in [1.54, 1.807) is 26.1 Å². The molecular formula is C27H34N4O6. The zero-order valence-corrected chi connectivity index (χ0v) is 21.6. The monoisotopic (exact) mass is 510 g/mol. The molecule has 2 aromatic rings. The van der Waals surface area contributed by atoms with E-state index in [4.69, 9.17) is 9.47 Å². The number of carbonyl (C=O) groups excluding carboxylic acids is 2. The summed E-state index contributed by atoms with van der Waals surface area (Å²) in [5, 5.41) is 14.4. The topological polar surface area (TPSA) is 126 Å². The second-order valence-corrected chi connectivity index (χ2v) is 9.04. The van der Waals surface area contributed by atoms with Crippen LogP contribution in [-0.2, 0) is 25.6 Å². The van der Waals surface area contributed by atoms with Crippen LogP contribution in [0.2, 0.25) is 0 Å². The van der Waals surface area contributed by atoms with Gasteiger partial charge in [-0.3, -0.25) is 10.1 Å². The number of hydrogen-bond acceptors (Lipinski definition) is 8. The van der Waals surface area contributed by atoms with E-state index in [1.165, 1.54) is 25.3 Å². The molecule has 0 spiro atoms. The molecule has 0 saturated heterocycles. The fourth-order valence-corrected chi connectivity index (χ4v) is 4.56. The molecule has 1 unspecified atom stereocenters. The number of rotatable bonds is 13. The summed E-state index contributed by atoms with van der Waals surface area (Å²) >= 11 is 0. The van der Waals surface area contributed by atoms with Gasteiger partial charge < -0.3 is 19.4 Å². The van der Waals surface area contributed by atoms with Gasteiger partial charge in [0.1, 0.15) is 0 Å². The molecule has 0 amide bonds. The fraction of sp³-hybridized carbons (Fsp3) is 0.444. The number of unbranched alkanes of at least 4 members (excludes halogenated alkanes) is 5. The first kappa shape index (κ1) is 27.6. The first-order valence-corrected chi connectivity index (χ1v) is 12.5. The maximum absolute atomic E-state index is 13.2. The average molecular weight is 511 g/mol. The van der Waals surface area contributed by atoms with E-state index in [2.05, 4.69) is 14.9 Å². The number of methoxy groups -OCH3 is 1. The lowest BCUT2D eigenvalue weighted by atomic mass is 9.80. The first-order valence-electron chi connectivity index (χ1n) is 12.5. The minimum Gasteiger partial charge on any atom is -0.466 e. The van der Waals surface area contributed by atoms with Crippen LogP contribution in [0.25, 0.3) is 0 Å². The summed E-state index contributed by atoms with van der Waals surface area (Å²) in [7, 11) is 1.26. The van der Waals surface area contributed by atoms with E-state index in [9.17, 15) is 19.7 Å². The molecule has 198 valence electrons. The van der Waals surface area contributed by atoms with Gasteiger partial charge in [-0.15, -0.1) is 0 Å². The number of allylic oxidation sites excluding steroid dienone is 2. The Balaban J connectivity index is 1.61. The van der Waals surface area contributed by atoms with E-state index in [0.717, 1.165) is 45.1 Å². The summed E-state index contributed by atoms with van der Waals surface area (Å²) in [6.45, 7) is 4.65. The number of ether oxygens (including phenoxy) is 2. The number of aryl methyl sites for hydroxylation is 1. The van der Waals surface area contributed by atoms with Gasteiger partial charge in [-0.05, 0) is 32.3 Å². The van der Waals surface area contributed by atoms with Crippen molar-refractivity contribution in [1.29, 1.82) is 0 Å². The molecule has 0 radical (unpaired) electrons. The quantitative estimate of drug-likeness (QED) is 0.177. The minimum absolute atomic E-state index is 0.131. The Morgan fingerprint density at radius 1 is 1.05 bits per heavy atom. The lowest BCUT2D eigenvalue weighted by Crippen LogP contribution is -2.32. The highest BCUT2D eigenvalue weighted by Crippen LogP contribution is 2.40. The highest BCUT2D eigenvalue weighted by atomic mass is 16.6. The van der Waals surface area contributed by atoms with Gasteiger partial charge in [0.15, 0.2) is 0 Å². The van der Waals surface area contributed by atoms with Crippen molar-refractivity contribution in [3.63, 3.8) is 0 Å². The lowest BCUT2D eigenvalue weighted by Gasteiger charge is -2.30. The number of nitro groups is 1. The number of nitro benzene ring substituents is 1. The minimum atomic E-state index is -0.850. The molecule has 1 N–H and O–H groups in total. The Morgan fingerprint density at radius 3 is 2.38 bits per heavy atom. The zero-order valence-electron chi connectivity index (χ0n) is 21.6. The van der Waals surface area contributed by atoms with Crippen LogP contribution in [0.5, 0.6) is 0 Å². The number of hydrogen-bond donors (Lipinski definition) is 1. The van der Waals surface area contributed by atoms with Crippen molar-refractivity contribution < 1.29 is 24.0 Å². The Kier molecular flexibility index (Phi) is 10.00. The number of nitrogens with zero attached hydrogens (tertiary/aromatic N) is 3. The van der Waals surface area contributed by atoms with Crippen molar-refractivity contribution >= 4 is 17.6 Å². The van der Waals surface area contributed by atoms with E-state index >= 15 is 0 Å². The molecule has 1 atom stereocenters. The van der Waals surface area contributed by atoms with Crippen LogP contribution in [0.15, 0.2) is 65.5 Å². The molecule has 3 rings (SSSR count). The molecule has 2 heterocycles. The van der Waals surface area contributed by atoms with Crippen LogP contribution in [-0.4, -0.2) is 40.1 Å². The maximum atomic E-state index is 13.2. The molecule has 1 aliphatic rings. The van der Waals surface area contributed by atoms with Crippen LogP contribution in [0.4, 0.5) is 5.69 Å². The number of dihydropyridines is 1. The lowest BCUT2D eigenvalue weighted by molar-refractivity contribution is -0.384. The van der Waals surface area contributed by atoms with E-state index in [1.807, 2.05) is 12.5 Å². The maximum Gasteiger partial charge on any atom is 0.336 e. The molecule has 0 saturated carbocycles. The van der Waals surface area contributed by atoms with Crippen LogP contribution in [0.3, 0.4) is 0 Å². The Bertz CT molecular complexity index is 1170. The summed E-state index contributed by atoms with van der Waals surface area (Å²) in [5.74, 6) is -2.03. The second-order valence-electron chi connectivity index (χ2n) is 9.04. The van der Waals surface area contributed by atoms with Gasteiger partial charge in [-0.2, -0.15) is 0 Å². The molecule has 10 nitrogen and oxygen atoms in total. The molecular weight excluding hydrogens is 476 g/mol. The molecule has 10 heteroatoms. The summed E-state index contributed by atoms with van der Waals surface area (Å²) in [4.78, 5) is 40.8. The van der Waals surface area contributed by atoms with Crippen molar-refractivity contribution in [3.8, 4) is 0 Å². The van der Waals surface area contributed by atoms with Gasteiger partial charge in [0, 0.05) is 42.5 Å². The van der Waals surface area contributed by atoms with Crippen molar-refractivity contribution in [3.05, 3.63) is 81.2 Å². The smallest absolute Gasteiger partial charge is 0.336 e. The van der Waals surface area contributed by atoms with Gasteiger partial charge in [-0.1, -0.05) is 37.8 Å². The summed E-state index contributed by atoms with van der Waals surface area (Å²) in [6.07, 6.45) is 11.6. The Morgan fingerprint density at radius 2 is 1.73 bits per heavy atom. The normalized spacial score (nSPS) is 15.4. The van der Waals surface area contributed by atoms with Crippen LogP contribution >= 0.6 is 0 Å². The summed E-state index contributed by atoms with van der Waals surface area (Å²) in [6, 6.07) is 5.94. The van der Waals surface area contributed by atoms with E-state index < -0.39 is 22.8 Å². The van der Waals surface area contributed by atoms with Crippen molar-refractivity contribution in [2.45, 2.75) is 64.8 Å². The number of aromatic nitrogens is 2. The van der Waals surface area contributed by atoms with Gasteiger partial charge >= 0.3 is 11.9 Å². The predicted molar refractivity (Wildman–Crippen MR) is 137 cm³/mol. The molecule has 1 aromatic carbocycles. The summed E-state index contributed by atoms with van der Waals surface area (Å²) in [5.41, 5.74) is 1.82. The van der Waals surface area contributed by atoms with Gasteiger partial charge in [0.2, 0.25) is 0 Å². The Hall–Kier alpha value is -3.95. The predicted octanol–water partition coefficient (Wildman–Crippen LogP) is 4.78. The largest absolute Gasteiger partial charge is 0.466 e. The van der Waals surface area contributed by atoms with Gasteiger partial charge in [-0.25, -0.2) is 14.6 Å². The van der Waals surface area contributed by atoms with Gasteiger partial charge in [0.25, 0.3) is 5.69 Å². The number of imidazole rings is 1. The van der Waals surface area contributed by atoms with E-state index in [0.29, 0.717) is 17.0 Å². The van der Waals surface area contributed by atoms with Crippen molar-refractivity contribution in [1.82, 2.24) is 14.9 Å². The first-order chi connectivity index (χ1) is 17.8. The molecule has 1 aromatic heterocycles. The highest BCUT2D eigenvalue weighted by molar-refractivity contribution is 5.99. The molecule has 1 aliphatic heterocycles.